The maximum Gasteiger partial charge on any atom is 0.135 e. The first-order chi connectivity index (χ1) is 9.22. The number of nitrogens with one attached hydrogen (secondary N) is 1. The van der Waals surface area contributed by atoms with E-state index in [0.29, 0.717) is 6.42 Å². The second kappa shape index (κ2) is 6.53. The highest BCUT2D eigenvalue weighted by Crippen LogP contribution is 2.18. The Morgan fingerprint density at radius 1 is 1.21 bits per heavy atom. The Kier molecular flexibility index (Phi) is 4.74. The molecule has 4 heteroatoms. The van der Waals surface area contributed by atoms with Crippen LogP contribution < -0.4 is 5.32 Å². The summed E-state index contributed by atoms with van der Waals surface area (Å²) in [5.74, 6) is 1.67. The fraction of sp³-hybridized carbons (Fsp3) is 0.333. The summed E-state index contributed by atoms with van der Waals surface area (Å²) >= 11 is 6.18. The van der Waals surface area contributed by atoms with Gasteiger partial charge in [-0.3, -0.25) is 0 Å². The van der Waals surface area contributed by atoms with Crippen LogP contribution in [0, 0.1) is 0 Å². The van der Waals surface area contributed by atoms with Gasteiger partial charge in [0.2, 0.25) is 0 Å². The van der Waals surface area contributed by atoms with E-state index in [-0.39, 0.29) is 0 Å². The lowest BCUT2D eigenvalue weighted by Gasteiger charge is -2.08. The topological polar surface area (TPSA) is 37.8 Å². The second-order valence-electron chi connectivity index (χ2n) is 4.43. The van der Waals surface area contributed by atoms with Crippen molar-refractivity contribution in [2.75, 3.05) is 12.4 Å². The molecule has 0 saturated carbocycles. The number of aromatic nitrogens is 2. The third kappa shape index (κ3) is 3.67. The number of nitrogens with zero attached hydrogens (tertiary/aromatic N) is 2. The van der Waals surface area contributed by atoms with Crippen LogP contribution in [-0.2, 0) is 12.8 Å². The monoisotopic (exact) mass is 275 g/mol. The average molecular weight is 276 g/mol. The van der Waals surface area contributed by atoms with Crippen molar-refractivity contribution in [1.29, 1.82) is 0 Å². The number of aryl methyl sites for hydroxylation is 1. The van der Waals surface area contributed by atoms with Gasteiger partial charge in [-0.2, -0.15) is 0 Å². The van der Waals surface area contributed by atoms with E-state index in [9.17, 15) is 0 Å². The number of hydrogen-bond donors (Lipinski definition) is 1. The van der Waals surface area contributed by atoms with Crippen molar-refractivity contribution in [3.05, 3.63) is 52.4 Å². The summed E-state index contributed by atoms with van der Waals surface area (Å²) in [6.07, 6.45) is 2.70. The number of rotatable bonds is 5. The largest absolute Gasteiger partial charge is 0.373 e. The third-order valence-corrected chi connectivity index (χ3v) is 3.26. The standard InChI is InChI=1S/C15H18ClN3/c1-3-6-12-10-14(17-2)19-15(18-12)9-11-7-4-5-8-13(11)16/h4-5,7-8,10H,3,6,9H2,1-2H3,(H,17,18,19). The van der Waals surface area contributed by atoms with Crippen LogP contribution in [0.3, 0.4) is 0 Å². The molecule has 19 heavy (non-hydrogen) atoms. The highest BCUT2D eigenvalue weighted by Gasteiger charge is 2.07. The molecule has 1 aromatic heterocycles. The lowest BCUT2D eigenvalue weighted by Crippen LogP contribution is -2.04. The maximum atomic E-state index is 6.18. The third-order valence-electron chi connectivity index (χ3n) is 2.89. The Bertz CT molecular complexity index is 555. The van der Waals surface area contributed by atoms with Crippen LogP contribution in [0.1, 0.15) is 30.4 Å². The fourth-order valence-corrected chi connectivity index (χ4v) is 2.16. The van der Waals surface area contributed by atoms with Crippen LogP contribution in [0.15, 0.2) is 30.3 Å². The van der Waals surface area contributed by atoms with E-state index in [1.165, 1.54) is 0 Å². The van der Waals surface area contributed by atoms with Crippen molar-refractivity contribution >= 4 is 17.4 Å². The molecule has 0 atom stereocenters. The predicted molar refractivity (Wildman–Crippen MR) is 79.8 cm³/mol. The molecule has 0 amide bonds. The van der Waals surface area contributed by atoms with E-state index in [0.717, 1.165) is 40.8 Å². The van der Waals surface area contributed by atoms with Crippen LogP contribution in [-0.4, -0.2) is 17.0 Å². The van der Waals surface area contributed by atoms with E-state index in [4.69, 9.17) is 11.6 Å². The molecule has 0 bridgehead atoms. The SMILES string of the molecule is CCCc1cc(NC)nc(Cc2ccccc2Cl)n1. The first kappa shape index (κ1) is 13.8. The van der Waals surface area contributed by atoms with Gasteiger partial charge in [0, 0.05) is 30.3 Å². The summed E-state index contributed by atoms with van der Waals surface area (Å²) in [6.45, 7) is 2.15. The van der Waals surface area contributed by atoms with E-state index in [1.54, 1.807) is 0 Å². The Balaban J connectivity index is 2.29. The van der Waals surface area contributed by atoms with Crippen molar-refractivity contribution in [2.24, 2.45) is 0 Å². The minimum atomic E-state index is 0.659. The van der Waals surface area contributed by atoms with Gasteiger partial charge in [-0.05, 0) is 18.1 Å². The van der Waals surface area contributed by atoms with Crippen molar-refractivity contribution in [1.82, 2.24) is 9.97 Å². The molecule has 0 saturated heterocycles. The molecule has 0 spiro atoms. The van der Waals surface area contributed by atoms with E-state index >= 15 is 0 Å². The maximum absolute atomic E-state index is 6.18. The van der Waals surface area contributed by atoms with E-state index in [1.807, 2.05) is 37.4 Å². The summed E-state index contributed by atoms with van der Waals surface area (Å²) < 4.78 is 0. The smallest absolute Gasteiger partial charge is 0.135 e. The summed E-state index contributed by atoms with van der Waals surface area (Å²) in [6, 6.07) is 9.82. The van der Waals surface area contributed by atoms with Crippen LogP contribution in [0.5, 0.6) is 0 Å². The predicted octanol–water partition coefficient (Wildman–Crippen LogP) is 3.72. The van der Waals surface area contributed by atoms with E-state index < -0.39 is 0 Å². The lowest BCUT2D eigenvalue weighted by atomic mass is 10.1. The fourth-order valence-electron chi connectivity index (χ4n) is 1.96. The van der Waals surface area contributed by atoms with Crippen LogP contribution >= 0.6 is 11.6 Å². The van der Waals surface area contributed by atoms with Crippen LogP contribution in [0.2, 0.25) is 5.02 Å². The first-order valence-electron chi connectivity index (χ1n) is 6.51. The minimum Gasteiger partial charge on any atom is -0.373 e. The van der Waals surface area contributed by atoms with Gasteiger partial charge >= 0.3 is 0 Å². The summed E-state index contributed by atoms with van der Waals surface area (Å²) in [5.41, 5.74) is 2.13. The van der Waals surface area contributed by atoms with Gasteiger partial charge in [0.25, 0.3) is 0 Å². The van der Waals surface area contributed by atoms with Gasteiger partial charge in [-0.25, -0.2) is 9.97 Å². The average Bonchev–Trinajstić information content (AvgIpc) is 2.41. The summed E-state index contributed by atoms with van der Waals surface area (Å²) in [4.78, 5) is 9.09. The molecule has 1 heterocycles. The zero-order valence-electron chi connectivity index (χ0n) is 11.3. The van der Waals surface area contributed by atoms with E-state index in [2.05, 4.69) is 22.2 Å². The van der Waals surface area contributed by atoms with Gasteiger partial charge in [0.05, 0.1) is 0 Å². The molecule has 1 aromatic carbocycles. The molecule has 1 N–H and O–H groups in total. The molecule has 0 fully saturated rings. The molecule has 0 radical (unpaired) electrons. The molecule has 0 aliphatic carbocycles. The first-order valence-corrected chi connectivity index (χ1v) is 6.88. The molecular formula is C15H18ClN3. The number of halogens is 1. The highest BCUT2D eigenvalue weighted by molar-refractivity contribution is 6.31. The van der Waals surface area contributed by atoms with Crippen LogP contribution in [0.4, 0.5) is 5.82 Å². The Hall–Kier alpha value is -1.61. The highest BCUT2D eigenvalue weighted by atomic mass is 35.5. The second-order valence-corrected chi connectivity index (χ2v) is 4.84. The molecule has 3 nitrogen and oxygen atoms in total. The van der Waals surface area contributed by atoms with Crippen LogP contribution in [0.25, 0.3) is 0 Å². The molecule has 0 unspecified atom stereocenters. The molecule has 100 valence electrons. The molecule has 0 aliphatic heterocycles. The van der Waals surface area contributed by atoms with Crippen molar-refractivity contribution in [2.45, 2.75) is 26.2 Å². The molecular weight excluding hydrogens is 258 g/mol. The minimum absolute atomic E-state index is 0.659. The summed E-state index contributed by atoms with van der Waals surface area (Å²) in [5, 5.41) is 3.84. The zero-order valence-corrected chi connectivity index (χ0v) is 12.0. The molecule has 0 aliphatic rings. The molecule has 2 rings (SSSR count). The Labute approximate surface area is 119 Å². The normalized spacial score (nSPS) is 10.5. The number of hydrogen-bond acceptors (Lipinski definition) is 3. The van der Waals surface area contributed by atoms with Gasteiger partial charge in [-0.1, -0.05) is 43.1 Å². The Morgan fingerprint density at radius 3 is 2.68 bits per heavy atom. The van der Waals surface area contributed by atoms with Gasteiger partial charge in [0.1, 0.15) is 11.6 Å². The van der Waals surface area contributed by atoms with Gasteiger partial charge in [-0.15, -0.1) is 0 Å². The number of anilines is 1. The van der Waals surface area contributed by atoms with Crippen molar-refractivity contribution in [3.8, 4) is 0 Å². The Morgan fingerprint density at radius 2 is 2.00 bits per heavy atom. The lowest BCUT2D eigenvalue weighted by molar-refractivity contribution is 0.843. The quantitative estimate of drug-likeness (QED) is 0.904. The zero-order chi connectivity index (χ0) is 13.7. The van der Waals surface area contributed by atoms with Crippen molar-refractivity contribution in [3.63, 3.8) is 0 Å². The van der Waals surface area contributed by atoms with Crippen molar-refractivity contribution < 1.29 is 0 Å². The summed E-state index contributed by atoms with van der Waals surface area (Å²) in [7, 11) is 1.87. The molecule has 2 aromatic rings. The van der Waals surface area contributed by atoms with Gasteiger partial charge in [0.15, 0.2) is 0 Å². The van der Waals surface area contributed by atoms with Gasteiger partial charge < -0.3 is 5.32 Å². The number of benzene rings is 1.